The van der Waals surface area contributed by atoms with E-state index in [2.05, 4.69) is 5.32 Å². The van der Waals surface area contributed by atoms with Crippen LogP contribution in [0.5, 0.6) is 0 Å². The van der Waals surface area contributed by atoms with Gasteiger partial charge in [-0.1, -0.05) is 18.2 Å². The van der Waals surface area contributed by atoms with Crippen molar-refractivity contribution in [2.45, 2.75) is 12.5 Å². The summed E-state index contributed by atoms with van der Waals surface area (Å²) in [6.07, 6.45) is -1.51. The Labute approximate surface area is 125 Å². The van der Waals surface area contributed by atoms with Gasteiger partial charge in [0, 0.05) is 6.54 Å². The molecule has 0 saturated heterocycles. The van der Waals surface area contributed by atoms with Crippen molar-refractivity contribution in [1.82, 2.24) is 5.32 Å². The summed E-state index contributed by atoms with van der Waals surface area (Å²) in [7, 11) is 0. The van der Waals surface area contributed by atoms with Crippen molar-refractivity contribution >= 4 is 5.91 Å². The van der Waals surface area contributed by atoms with Crippen LogP contribution in [-0.2, 0) is 11.2 Å². The van der Waals surface area contributed by atoms with Gasteiger partial charge in [0.05, 0.1) is 12.0 Å². The average molecular weight is 309 g/mol. The van der Waals surface area contributed by atoms with E-state index in [1.807, 2.05) is 0 Å². The molecule has 1 atom stereocenters. The molecule has 0 bridgehead atoms. The molecular weight excluding hydrogens is 295 g/mol. The second-order valence-corrected chi connectivity index (χ2v) is 4.76. The van der Waals surface area contributed by atoms with Gasteiger partial charge in [0.15, 0.2) is 0 Å². The Balaban J connectivity index is 1.92. The first-order chi connectivity index (χ1) is 10.5. The van der Waals surface area contributed by atoms with Crippen molar-refractivity contribution in [2.24, 2.45) is 0 Å². The summed E-state index contributed by atoms with van der Waals surface area (Å²) in [5.74, 6) is -2.60. The molecule has 0 fully saturated rings. The molecule has 0 aliphatic heterocycles. The summed E-state index contributed by atoms with van der Waals surface area (Å²) in [4.78, 5) is 11.7. The molecule has 2 rings (SSSR count). The van der Waals surface area contributed by atoms with E-state index in [1.165, 1.54) is 30.3 Å². The van der Waals surface area contributed by atoms with E-state index < -0.39 is 35.0 Å². The van der Waals surface area contributed by atoms with Gasteiger partial charge in [-0.15, -0.1) is 0 Å². The number of amides is 1. The molecule has 22 heavy (non-hydrogen) atoms. The lowest BCUT2D eigenvalue weighted by atomic mass is 10.1. The predicted octanol–water partition coefficient (Wildman–Crippen LogP) is 2.50. The topological polar surface area (TPSA) is 49.3 Å². The molecule has 0 aliphatic rings. The Morgan fingerprint density at radius 3 is 2.23 bits per heavy atom. The Hall–Kier alpha value is -2.34. The van der Waals surface area contributed by atoms with Gasteiger partial charge >= 0.3 is 0 Å². The molecule has 1 unspecified atom stereocenters. The zero-order chi connectivity index (χ0) is 16.1. The maximum Gasteiger partial charge on any atom is 0.224 e. The van der Waals surface area contributed by atoms with Gasteiger partial charge in [-0.05, 0) is 29.8 Å². The molecule has 2 aromatic carbocycles. The zero-order valence-electron chi connectivity index (χ0n) is 11.5. The second kappa shape index (κ2) is 7.09. The molecule has 0 spiro atoms. The zero-order valence-corrected chi connectivity index (χ0v) is 11.5. The molecule has 0 aromatic heterocycles. The van der Waals surface area contributed by atoms with E-state index in [-0.39, 0.29) is 13.0 Å². The summed E-state index contributed by atoms with van der Waals surface area (Å²) in [5, 5.41) is 12.2. The Morgan fingerprint density at radius 1 is 1.05 bits per heavy atom. The van der Waals surface area contributed by atoms with Crippen LogP contribution in [-0.4, -0.2) is 17.6 Å². The molecule has 0 saturated carbocycles. The van der Waals surface area contributed by atoms with Crippen molar-refractivity contribution in [3.05, 3.63) is 71.0 Å². The van der Waals surface area contributed by atoms with Gasteiger partial charge in [-0.3, -0.25) is 4.79 Å². The summed E-state index contributed by atoms with van der Waals surface area (Å²) in [5.41, 5.74) is 0.107. The van der Waals surface area contributed by atoms with Crippen LogP contribution >= 0.6 is 0 Å². The summed E-state index contributed by atoms with van der Waals surface area (Å²) in [6.45, 7) is -0.322. The molecule has 0 heterocycles. The van der Waals surface area contributed by atoms with E-state index in [9.17, 15) is 23.1 Å². The SMILES string of the molecule is O=C(Cc1ccc(F)cc1)NCC(O)c1c(F)cccc1F. The third kappa shape index (κ3) is 4.08. The number of aliphatic hydroxyl groups is 1. The van der Waals surface area contributed by atoms with Crippen LogP contribution in [0.3, 0.4) is 0 Å². The summed E-state index contributed by atoms with van der Waals surface area (Å²) >= 11 is 0. The maximum absolute atomic E-state index is 13.5. The number of carbonyl (C=O) groups is 1. The van der Waals surface area contributed by atoms with Crippen LogP contribution in [0.15, 0.2) is 42.5 Å². The molecule has 2 aromatic rings. The van der Waals surface area contributed by atoms with Gasteiger partial charge < -0.3 is 10.4 Å². The number of aliphatic hydroxyl groups excluding tert-OH is 1. The smallest absolute Gasteiger partial charge is 0.224 e. The highest BCUT2D eigenvalue weighted by molar-refractivity contribution is 5.78. The number of hydrogen-bond donors (Lipinski definition) is 2. The minimum absolute atomic E-state index is 0.0211. The normalized spacial score (nSPS) is 12.0. The Bertz CT molecular complexity index is 639. The average Bonchev–Trinajstić information content (AvgIpc) is 2.47. The lowest BCUT2D eigenvalue weighted by molar-refractivity contribution is -0.120. The first kappa shape index (κ1) is 16.0. The fourth-order valence-corrected chi connectivity index (χ4v) is 1.99. The summed E-state index contributed by atoms with van der Waals surface area (Å²) < 4.78 is 39.7. The standard InChI is InChI=1S/C16H14F3NO2/c17-11-6-4-10(5-7-11)8-15(22)20-9-14(21)16-12(18)2-1-3-13(16)19/h1-7,14,21H,8-9H2,(H,20,22). The number of rotatable bonds is 5. The molecule has 0 radical (unpaired) electrons. The van der Waals surface area contributed by atoms with Crippen LogP contribution in [0, 0.1) is 17.5 Å². The summed E-state index contributed by atoms with van der Waals surface area (Å²) in [6, 6.07) is 8.63. The van der Waals surface area contributed by atoms with E-state index in [1.54, 1.807) is 0 Å². The number of halogens is 3. The van der Waals surface area contributed by atoms with E-state index in [0.29, 0.717) is 5.56 Å². The van der Waals surface area contributed by atoms with E-state index >= 15 is 0 Å². The van der Waals surface area contributed by atoms with Crippen LogP contribution < -0.4 is 5.32 Å². The van der Waals surface area contributed by atoms with Gasteiger partial charge in [0.25, 0.3) is 0 Å². The number of carbonyl (C=O) groups excluding carboxylic acids is 1. The van der Waals surface area contributed by atoms with Crippen LogP contribution in [0.25, 0.3) is 0 Å². The highest BCUT2D eigenvalue weighted by atomic mass is 19.1. The highest BCUT2D eigenvalue weighted by Gasteiger charge is 2.18. The van der Waals surface area contributed by atoms with Crippen LogP contribution in [0.2, 0.25) is 0 Å². The molecule has 116 valence electrons. The second-order valence-electron chi connectivity index (χ2n) is 4.76. The minimum atomic E-state index is -1.49. The van der Waals surface area contributed by atoms with Crippen molar-refractivity contribution < 1.29 is 23.1 Å². The number of nitrogens with one attached hydrogen (secondary N) is 1. The van der Waals surface area contributed by atoms with Crippen molar-refractivity contribution in [3.8, 4) is 0 Å². The highest BCUT2D eigenvalue weighted by Crippen LogP contribution is 2.19. The maximum atomic E-state index is 13.5. The van der Waals surface area contributed by atoms with Crippen molar-refractivity contribution in [3.63, 3.8) is 0 Å². The fourth-order valence-electron chi connectivity index (χ4n) is 1.99. The van der Waals surface area contributed by atoms with E-state index in [4.69, 9.17) is 0 Å². The van der Waals surface area contributed by atoms with Gasteiger partial charge in [-0.2, -0.15) is 0 Å². The molecule has 3 nitrogen and oxygen atoms in total. The van der Waals surface area contributed by atoms with Crippen LogP contribution in [0.4, 0.5) is 13.2 Å². The molecular formula is C16H14F3NO2. The first-order valence-corrected chi connectivity index (χ1v) is 6.60. The molecule has 6 heteroatoms. The molecule has 2 N–H and O–H groups in total. The predicted molar refractivity (Wildman–Crippen MR) is 74.4 cm³/mol. The lowest BCUT2D eigenvalue weighted by Gasteiger charge is -2.14. The van der Waals surface area contributed by atoms with Crippen molar-refractivity contribution in [2.75, 3.05) is 6.54 Å². The van der Waals surface area contributed by atoms with E-state index in [0.717, 1.165) is 12.1 Å². The van der Waals surface area contributed by atoms with Crippen molar-refractivity contribution in [1.29, 1.82) is 0 Å². The third-order valence-corrected chi connectivity index (χ3v) is 3.10. The lowest BCUT2D eigenvalue weighted by Crippen LogP contribution is -2.30. The Kier molecular flexibility index (Phi) is 5.16. The first-order valence-electron chi connectivity index (χ1n) is 6.60. The monoisotopic (exact) mass is 309 g/mol. The molecule has 1 amide bonds. The van der Waals surface area contributed by atoms with Gasteiger partial charge in [0.1, 0.15) is 23.6 Å². The quantitative estimate of drug-likeness (QED) is 0.891. The third-order valence-electron chi connectivity index (χ3n) is 3.10. The van der Waals surface area contributed by atoms with Crippen LogP contribution in [0.1, 0.15) is 17.2 Å². The number of benzene rings is 2. The Morgan fingerprint density at radius 2 is 1.64 bits per heavy atom. The fraction of sp³-hybridized carbons (Fsp3) is 0.188. The molecule has 0 aliphatic carbocycles. The largest absolute Gasteiger partial charge is 0.386 e. The van der Waals surface area contributed by atoms with Gasteiger partial charge in [-0.25, -0.2) is 13.2 Å². The van der Waals surface area contributed by atoms with Gasteiger partial charge in [0.2, 0.25) is 5.91 Å². The minimum Gasteiger partial charge on any atom is -0.386 e. The number of hydrogen-bond acceptors (Lipinski definition) is 2.